The molecule has 3 nitrogen and oxygen atoms in total. The fourth-order valence-electron chi connectivity index (χ4n) is 3.58. The van der Waals surface area contributed by atoms with Gasteiger partial charge in [-0.2, -0.15) is 0 Å². The standard InChI is InChI=1S/C24H43NO2S/c1-2-3-4-5-6-7-8-9-10-11-12-13-14-15-16-20-23-28(26,27)25-24-21-18-17-19-22-24/h17-19,21-22,25H,2-16,20,23H2,1H3. The molecule has 0 aliphatic carbocycles. The first-order valence-corrected chi connectivity index (χ1v) is 13.3. The molecule has 0 bridgehead atoms. The Balaban J connectivity index is 1.84. The van der Waals surface area contributed by atoms with Gasteiger partial charge in [0.2, 0.25) is 10.0 Å². The number of hydrogen-bond acceptors (Lipinski definition) is 2. The molecule has 0 saturated carbocycles. The van der Waals surface area contributed by atoms with Crippen LogP contribution in [0.5, 0.6) is 0 Å². The van der Waals surface area contributed by atoms with E-state index in [-0.39, 0.29) is 5.75 Å². The van der Waals surface area contributed by atoms with Gasteiger partial charge in [0.25, 0.3) is 0 Å². The van der Waals surface area contributed by atoms with E-state index in [1.807, 2.05) is 18.2 Å². The van der Waals surface area contributed by atoms with Crippen molar-refractivity contribution >= 4 is 15.7 Å². The Labute approximate surface area is 174 Å². The monoisotopic (exact) mass is 409 g/mol. The van der Waals surface area contributed by atoms with E-state index in [2.05, 4.69) is 11.6 Å². The lowest BCUT2D eigenvalue weighted by Gasteiger charge is -2.07. The summed E-state index contributed by atoms with van der Waals surface area (Å²) in [7, 11) is -3.20. The zero-order valence-electron chi connectivity index (χ0n) is 18.1. The maximum Gasteiger partial charge on any atom is 0.232 e. The Morgan fingerprint density at radius 2 is 1.00 bits per heavy atom. The fourth-order valence-corrected chi connectivity index (χ4v) is 4.76. The molecule has 0 spiro atoms. The van der Waals surface area contributed by atoms with Crippen LogP contribution >= 0.6 is 0 Å². The summed E-state index contributed by atoms with van der Waals surface area (Å²) in [6.07, 6.45) is 20.8. The molecule has 28 heavy (non-hydrogen) atoms. The van der Waals surface area contributed by atoms with Crippen molar-refractivity contribution in [3.8, 4) is 0 Å². The summed E-state index contributed by atoms with van der Waals surface area (Å²) < 4.78 is 26.7. The second-order valence-corrected chi connectivity index (χ2v) is 9.93. The van der Waals surface area contributed by atoms with Gasteiger partial charge in [-0.15, -0.1) is 0 Å². The van der Waals surface area contributed by atoms with Crippen molar-refractivity contribution in [2.45, 2.75) is 110 Å². The van der Waals surface area contributed by atoms with Gasteiger partial charge in [0.1, 0.15) is 0 Å². The van der Waals surface area contributed by atoms with E-state index < -0.39 is 10.0 Å². The summed E-state index contributed by atoms with van der Waals surface area (Å²) in [6, 6.07) is 9.13. The normalized spacial score (nSPS) is 11.6. The first kappa shape index (κ1) is 25.0. The third-order valence-corrected chi connectivity index (χ3v) is 6.69. The van der Waals surface area contributed by atoms with Crippen molar-refractivity contribution in [1.82, 2.24) is 0 Å². The average Bonchev–Trinajstić information content (AvgIpc) is 2.68. The number of rotatable bonds is 19. The van der Waals surface area contributed by atoms with Crippen LogP contribution in [0.4, 0.5) is 5.69 Å². The lowest BCUT2D eigenvalue weighted by atomic mass is 10.0. The summed E-state index contributed by atoms with van der Waals surface area (Å²) in [5, 5.41) is 0. The lowest BCUT2D eigenvalue weighted by Crippen LogP contribution is -2.16. The Kier molecular flexibility index (Phi) is 15.1. The van der Waals surface area contributed by atoms with Crippen LogP contribution in [0.25, 0.3) is 0 Å². The predicted octanol–water partition coefficient (Wildman–Crippen LogP) is 7.69. The maximum absolute atomic E-state index is 12.0. The predicted molar refractivity (Wildman–Crippen MR) is 123 cm³/mol. The van der Waals surface area contributed by atoms with E-state index in [0.717, 1.165) is 19.3 Å². The molecule has 0 atom stereocenters. The highest BCUT2D eigenvalue weighted by atomic mass is 32.2. The van der Waals surface area contributed by atoms with Crippen LogP contribution in [0.15, 0.2) is 30.3 Å². The molecule has 0 aliphatic rings. The Morgan fingerprint density at radius 3 is 1.43 bits per heavy atom. The van der Waals surface area contributed by atoms with Gasteiger partial charge in [-0.25, -0.2) is 8.42 Å². The zero-order valence-corrected chi connectivity index (χ0v) is 18.9. The van der Waals surface area contributed by atoms with E-state index >= 15 is 0 Å². The first-order valence-electron chi connectivity index (χ1n) is 11.7. The van der Waals surface area contributed by atoms with Gasteiger partial charge in [0, 0.05) is 5.69 Å². The van der Waals surface area contributed by atoms with Crippen molar-refractivity contribution in [3.63, 3.8) is 0 Å². The summed E-state index contributed by atoms with van der Waals surface area (Å²) in [5.74, 6) is 0.223. The van der Waals surface area contributed by atoms with Crippen LogP contribution in [0.3, 0.4) is 0 Å². The smallest absolute Gasteiger partial charge is 0.232 e. The molecule has 1 aromatic rings. The van der Waals surface area contributed by atoms with Gasteiger partial charge in [0.15, 0.2) is 0 Å². The van der Waals surface area contributed by atoms with Gasteiger partial charge in [-0.3, -0.25) is 4.72 Å². The van der Waals surface area contributed by atoms with Crippen LogP contribution in [0.1, 0.15) is 110 Å². The van der Waals surface area contributed by atoms with E-state index in [1.165, 1.54) is 83.5 Å². The van der Waals surface area contributed by atoms with Crippen LogP contribution in [0.2, 0.25) is 0 Å². The summed E-state index contributed by atoms with van der Waals surface area (Å²) in [4.78, 5) is 0. The second kappa shape index (κ2) is 16.9. The van der Waals surface area contributed by atoms with Crippen molar-refractivity contribution in [3.05, 3.63) is 30.3 Å². The van der Waals surface area contributed by atoms with Crippen molar-refractivity contribution in [2.75, 3.05) is 10.5 Å². The second-order valence-electron chi connectivity index (χ2n) is 8.09. The van der Waals surface area contributed by atoms with Gasteiger partial charge in [-0.1, -0.05) is 121 Å². The zero-order chi connectivity index (χ0) is 20.3. The van der Waals surface area contributed by atoms with Crippen molar-refractivity contribution in [1.29, 1.82) is 0 Å². The minimum absolute atomic E-state index is 0.223. The molecule has 1 N–H and O–H groups in total. The fraction of sp³-hybridized carbons (Fsp3) is 0.750. The molecule has 0 aliphatic heterocycles. The number of benzene rings is 1. The highest BCUT2D eigenvalue weighted by Gasteiger charge is 2.09. The number of para-hydroxylation sites is 1. The molecule has 0 heterocycles. The van der Waals surface area contributed by atoms with E-state index in [1.54, 1.807) is 12.1 Å². The number of nitrogens with one attached hydrogen (secondary N) is 1. The Morgan fingerprint density at radius 1 is 0.607 bits per heavy atom. The van der Waals surface area contributed by atoms with Gasteiger partial charge >= 0.3 is 0 Å². The average molecular weight is 410 g/mol. The number of anilines is 1. The first-order chi connectivity index (χ1) is 13.6. The summed E-state index contributed by atoms with van der Waals surface area (Å²) >= 11 is 0. The van der Waals surface area contributed by atoms with Crippen LogP contribution in [-0.4, -0.2) is 14.2 Å². The van der Waals surface area contributed by atoms with Crippen LogP contribution in [0, 0.1) is 0 Å². The lowest BCUT2D eigenvalue weighted by molar-refractivity contribution is 0.531. The van der Waals surface area contributed by atoms with E-state index in [0.29, 0.717) is 5.69 Å². The molecule has 162 valence electrons. The van der Waals surface area contributed by atoms with E-state index in [4.69, 9.17) is 0 Å². The topological polar surface area (TPSA) is 46.2 Å². The van der Waals surface area contributed by atoms with Crippen molar-refractivity contribution < 1.29 is 8.42 Å². The Bertz CT molecular complexity index is 557. The number of sulfonamides is 1. The number of unbranched alkanes of at least 4 members (excludes halogenated alkanes) is 15. The highest BCUT2D eigenvalue weighted by molar-refractivity contribution is 7.92. The summed E-state index contributed by atoms with van der Waals surface area (Å²) in [5.41, 5.74) is 0.652. The molecule has 0 saturated heterocycles. The minimum Gasteiger partial charge on any atom is -0.284 e. The molecular formula is C24H43NO2S. The molecule has 4 heteroatoms. The van der Waals surface area contributed by atoms with Crippen LogP contribution in [-0.2, 0) is 10.0 Å². The maximum atomic E-state index is 12.0. The van der Waals surface area contributed by atoms with Crippen molar-refractivity contribution in [2.24, 2.45) is 0 Å². The molecule has 1 aromatic carbocycles. The molecule has 0 radical (unpaired) electrons. The van der Waals surface area contributed by atoms with Gasteiger partial charge < -0.3 is 0 Å². The highest BCUT2D eigenvalue weighted by Crippen LogP contribution is 2.14. The van der Waals surface area contributed by atoms with Gasteiger partial charge in [0.05, 0.1) is 5.75 Å². The van der Waals surface area contributed by atoms with Gasteiger partial charge in [-0.05, 0) is 18.6 Å². The molecular weight excluding hydrogens is 366 g/mol. The summed E-state index contributed by atoms with van der Waals surface area (Å²) in [6.45, 7) is 2.27. The molecule has 0 aromatic heterocycles. The largest absolute Gasteiger partial charge is 0.284 e. The van der Waals surface area contributed by atoms with E-state index in [9.17, 15) is 8.42 Å². The van der Waals surface area contributed by atoms with Crippen LogP contribution < -0.4 is 4.72 Å². The third-order valence-electron chi connectivity index (χ3n) is 5.31. The SMILES string of the molecule is CCCCCCCCCCCCCCCCCCS(=O)(=O)Nc1ccccc1. The quantitative estimate of drug-likeness (QED) is 0.238. The third kappa shape index (κ3) is 15.0. The Hall–Kier alpha value is -1.03. The number of hydrogen-bond donors (Lipinski definition) is 1. The molecule has 1 rings (SSSR count). The minimum atomic E-state index is -3.20. The molecule has 0 amide bonds. The molecule has 0 unspecified atom stereocenters. The molecule has 0 fully saturated rings.